The monoisotopic (exact) mass is 387 g/mol. The van der Waals surface area contributed by atoms with Crippen molar-refractivity contribution in [1.29, 1.82) is 0 Å². The number of phenolic OH excluding ortho intramolecular Hbond substituents is 1. The molecular weight excluding hydrogens is 366 g/mol. The molecule has 27 heavy (non-hydrogen) atoms. The Bertz CT molecular complexity index is 994. The number of aryl methyl sites for hydroxylation is 1. The van der Waals surface area contributed by atoms with Crippen LogP contribution >= 0.6 is 11.3 Å². The molecule has 3 aromatic rings. The molecule has 0 aliphatic heterocycles. The molecule has 0 aliphatic carbocycles. The van der Waals surface area contributed by atoms with Gasteiger partial charge in [0.25, 0.3) is 5.91 Å². The molecule has 7 N–H and O–H groups in total. The lowest BCUT2D eigenvalue weighted by atomic mass is 10.0. The van der Waals surface area contributed by atoms with Crippen LogP contribution in [0.1, 0.15) is 28.6 Å². The maximum absolute atomic E-state index is 11.7. The number of aliphatic hydroxyl groups excluding tert-OH is 1. The average Bonchev–Trinajstić information content (AvgIpc) is 2.95. The fraction of sp³-hybridized carbons (Fsp3) is 0.278. The van der Waals surface area contributed by atoms with E-state index in [1.165, 1.54) is 0 Å². The molecule has 0 aliphatic rings. The van der Waals surface area contributed by atoms with Gasteiger partial charge in [-0.15, -0.1) is 11.3 Å². The van der Waals surface area contributed by atoms with E-state index in [0.29, 0.717) is 33.8 Å². The van der Waals surface area contributed by atoms with Crippen molar-refractivity contribution in [2.45, 2.75) is 26.3 Å². The molecule has 1 aromatic carbocycles. The van der Waals surface area contributed by atoms with Crippen molar-refractivity contribution in [1.82, 2.24) is 9.97 Å². The van der Waals surface area contributed by atoms with E-state index in [-0.39, 0.29) is 29.0 Å². The summed E-state index contributed by atoms with van der Waals surface area (Å²) in [6, 6.07) is 4.85. The number of carbonyl (C=O) groups excluding carboxylic acids is 1. The lowest BCUT2D eigenvalue weighted by molar-refractivity contribution is 0.100. The molecule has 1 atom stereocenters. The van der Waals surface area contributed by atoms with Crippen molar-refractivity contribution in [3.05, 3.63) is 28.6 Å². The Morgan fingerprint density at radius 2 is 2.07 bits per heavy atom. The van der Waals surface area contributed by atoms with Crippen LogP contribution in [0.2, 0.25) is 0 Å². The number of rotatable bonds is 6. The van der Waals surface area contributed by atoms with Crippen LogP contribution in [0.5, 0.6) is 5.75 Å². The molecule has 0 fully saturated rings. The molecule has 1 amide bonds. The molecule has 0 saturated heterocycles. The Hall–Kier alpha value is -2.91. The molecule has 3 rings (SSSR count). The van der Waals surface area contributed by atoms with Crippen LogP contribution in [-0.4, -0.2) is 38.7 Å². The lowest BCUT2D eigenvalue weighted by Crippen LogP contribution is -2.24. The predicted octanol–water partition coefficient (Wildman–Crippen LogP) is 2.24. The molecular formula is C18H21N5O3S. The first-order valence-electron chi connectivity index (χ1n) is 8.42. The van der Waals surface area contributed by atoms with Crippen molar-refractivity contribution < 1.29 is 15.0 Å². The SMILES string of the molecule is CC[C@H](CO)Nc1nc(-c2cc(C)cc(O)c2)c2c(N)c(C(N)=O)sc2n1. The number of aromatic nitrogens is 2. The van der Waals surface area contributed by atoms with Crippen molar-refractivity contribution in [3.8, 4) is 17.0 Å². The largest absolute Gasteiger partial charge is 0.508 e. The van der Waals surface area contributed by atoms with Crippen LogP contribution < -0.4 is 16.8 Å². The van der Waals surface area contributed by atoms with Crippen molar-refractivity contribution >= 4 is 39.1 Å². The summed E-state index contributed by atoms with van der Waals surface area (Å²) >= 11 is 1.09. The minimum atomic E-state index is -0.634. The molecule has 0 saturated carbocycles. The summed E-state index contributed by atoms with van der Waals surface area (Å²) in [6.07, 6.45) is 0.678. The summed E-state index contributed by atoms with van der Waals surface area (Å²) in [6.45, 7) is 3.71. The molecule has 0 spiro atoms. The summed E-state index contributed by atoms with van der Waals surface area (Å²) in [5.74, 6) is -0.238. The fourth-order valence-electron chi connectivity index (χ4n) is 2.84. The van der Waals surface area contributed by atoms with Crippen LogP contribution in [0.4, 0.5) is 11.6 Å². The summed E-state index contributed by atoms with van der Waals surface area (Å²) in [5.41, 5.74) is 13.8. The van der Waals surface area contributed by atoms with E-state index in [9.17, 15) is 15.0 Å². The highest BCUT2D eigenvalue weighted by atomic mass is 32.1. The summed E-state index contributed by atoms with van der Waals surface area (Å²) in [7, 11) is 0. The first-order chi connectivity index (χ1) is 12.8. The minimum absolute atomic E-state index is 0.0718. The summed E-state index contributed by atoms with van der Waals surface area (Å²) < 4.78 is 0. The van der Waals surface area contributed by atoms with Crippen LogP contribution in [0.15, 0.2) is 18.2 Å². The number of hydrogen-bond donors (Lipinski definition) is 5. The van der Waals surface area contributed by atoms with Gasteiger partial charge in [0.2, 0.25) is 5.95 Å². The Labute approximate surface area is 159 Å². The summed E-state index contributed by atoms with van der Waals surface area (Å²) in [4.78, 5) is 21.4. The topological polar surface area (TPSA) is 147 Å². The van der Waals surface area contributed by atoms with Crippen LogP contribution in [-0.2, 0) is 0 Å². The molecule has 0 unspecified atom stereocenters. The number of aliphatic hydroxyl groups is 1. The maximum Gasteiger partial charge on any atom is 0.260 e. The number of primary amides is 1. The van der Waals surface area contributed by atoms with Gasteiger partial charge in [0.15, 0.2) is 0 Å². The van der Waals surface area contributed by atoms with Crippen molar-refractivity contribution in [2.24, 2.45) is 5.73 Å². The fourth-order valence-corrected chi connectivity index (χ4v) is 3.78. The third kappa shape index (κ3) is 3.64. The second-order valence-corrected chi connectivity index (χ2v) is 7.27. The van der Waals surface area contributed by atoms with Gasteiger partial charge in [0.1, 0.15) is 15.5 Å². The van der Waals surface area contributed by atoms with E-state index in [4.69, 9.17) is 11.5 Å². The number of phenols is 1. The number of thiophene rings is 1. The molecule has 0 radical (unpaired) electrons. The third-order valence-corrected chi connectivity index (χ3v) is 5.31. The van der Waals surface area contributed by atoms with E-state index < -0.39 is 5.91 Å². The molecule has 0 bridgehead atoms. The Morgan fingerprint density at radius 1 is 1.33 bits per heavy atom. The summed E-state index contributed by atoms with van der Waals surface area (Å²) in [5, 5.41) is 23.0. The van der Waals surface area contributed by atoms with Crippen LogP contribution in [0, 0.1) is 6.92 Å². The first-order valence-corrected chi connectivity index (χ1v) is 9.23. The molecule has 9 heteroatoms. The Kier molecular flexibility index (Phi) is 5.15. The Balaban J connectivity index is 2.28. The molecule has 2 heterocycles. The lowest BCUT2D eigenvalue weighted by Gasteiger charge is -2.15. The number of carbonyl (C=O) groups is 1. The number of fused-ring (bicyclic) bond motifs is 1. The molecule has 8 nitrogen and oxygen atoms in total. The Morgan fingerprint density at radius 3 is 2.67 bits per heavy atom. The highest BCUT2D eigenvalue weighted by Gasteiger charge is 2.22. The van der Waals surface area contributed by atoms with Gasteiger partial charge in [0.05, 0.1) is 29.4 Å². The number of anilines is 2. The smallest absolute Gasteiger partial charge is 0.260 e. The first kappa shape index (κ1) is 18.9. The average molecular weight is 387 g/mol. The van der Waals surface area contributed by atoms with Gasteiger partial charge in [-0.3, -0.25) is 4.79 Å². The van der Waals surface area contributed by atoms with E-state index >= 15 is 0 Å². The van der Waals surface area contributed by atoms with Gasteiger partial charge in [0, 0.05) is 5.56 Å². The number of nitrogen functional groups attached to an aromatic ring is 1. The normalized spacial score (nSPS) is 12.3. The van der Waals surface area contributed by atoms with Gasteiger partial charge in [-0.25, -0.2) is 9.97 Å². The zero-order chi connectivity index (χ0) is 19.7. The zero-order valence-electron chi connectivity index (χ0n) is 15.0. The van der Waals surface area contributed by atoms with Gasteiger partial charge < -0.3 is 27.0 Å². The van der Waals surface area contributed by atoms with E-state index in [2.05, 4.69) is 15.3 Å². The van der Waals surface area contributed by atoms with E-state index in [1.807, 2.05) is 19.9 Å². The van der Waals surface area contributed by atoms with E-state index in [1.54, 1.807) is 12.1 Å². The highest BCUT2D eigenvalue weighted by Crippen LogP contribution is 2.39. The second-order valence-electron chi connectivity index (χ2n) is 6.27. The quantitative estimate of drug-likeness (QED) is 0.435. The van der Waals surface area contributed by atoms with Crippen molar-refractivity contribution in [2.75, 3.05) is 17.7 Å². The number of nitrogens with one attached hydrogen (secondary N) is 1. The predicted molar refractivity (Wildman–Crippen MR) is 107 cm³/mol. The number of aromatic hydroxyl groups is 1. The highest BCUT2D eigenvalue weighted by molar-refractivity contribution is 7.21. The zero-order valence-corrected chi connectivity index (χ0v) is 15.8. The maximum atomic E-state index is 11.7. The van der Waals surface area contributed by atoms with Gasteiger partial charge in [-0.2, -0.15) is 0 Å². The van der Waals surface area contributed by atoms with Gasteiger partial charge in [-0.1, -0.05) is 6.92 Å². The number of nitrogens with zero attached hydrogens (tertiary/aromatic N) is 2. The van der Waals surface area contributed by atoms with Crippen molar-refractivity contribution in [3.63, 3.8) is 0 Å². The van der Waals surface area contributed by atoms with Gasteiger partial charge in [-0.05, 0) is 37.1 Å². The van der Waals surface area contributed by atoms with E-state index in [0.717, 1.165) is 16.9 Å². The van der Waals surface area contributed by atoms with Gasteiger partial charge >= 0.3 is 0 Å². The third-order valence-electron chi connectivity index (χ3n) is 4.19. The molecule has 2 aromatic heterocycles. The number of hydrogen-bond acceptors (Lipinski definition) is 8. The standard InChI is InChI=1S/C18H21N5O3S/c1-3-10(7-24)21-18-22-14(9-4-8(2)5-11(25)6-9)12-13(19)15(16(20)26)27-17(12)23-18/h4-6,10,24-25H,3,7,19H2,1-2H3,(H2,20,26)(H,21,22,23)/t10-/m1/s1. The number of benzene rings is 1. The second kappa shape index (κ2) is 7.37. The van der Waals surface area contributed by atoms with Crippen LogP contribution in [0.3, 0.4) is 0 Å². The molecule has 142 valence electrons. The van der Waals surface area contributed by atoms with Crippen LogP contribution in [0.25, 0.3) is 21.5 Å². The minimum Gasteiger partial charge on any atom is -0.508 e. The number of nitrogens with two attached hydrogens (primary N) is 2. The number of amides is 1.